The van der Waals surface area contributed by atoms with E-state index in [0.717, 1.165) is 43.6 Å². The number of carbonyl (C=O) groups is 2. The lowest BCUT2D eigenvalue weighted by molar-refractivity contribution is -0.143. The lowest BCUT2D eigenvalue weighted by atomic mass is 9.63. The highest BCUT2D eigenvalue weighted by Crippen LogP contribution is 2.49. The number of alkyl carbamates (subject to hydrolysis) is 1. The number of likely N-dealkylation sites (tertiary alicyclic amines) is 1. The predicted molar refractivity (Wildman–Crippen MR) is 155 cm³/mol. The van der Waals surface area contributed by atoms with Crippen molar-refractivity contribution in [3.05, 3.63) is 64.4 Å². The van der Waals surface area contributed by atoms with Crippen LogP contribution in [0, 0.1) is 11.8 Å². The van der Waals surface area contributed by atoms with Crippen molar-refractivity contribution in [2.45, 2.75) is 81.2 Å². The van der Waals surface area contributed by atoms with Gasteiger partial charge >= 0.3 is 6.09 Å². The highest BCUT2D eigenvalue weighted by Gasteiger charge is 2.54. The van der Waals surface area contributed by atoms with Crippen LogP contribution in [-0.4, -0.2) is 54.7 Å². The van der Waals surface area contributed by atoms with Gasteiger partial charge in [0.1, 0.15) is 5.15 Å². The van der Waals surface area contributed by atoms with Crippen molar-refractivity contribution in [1.82, 2.24) is 20.5 Å². The van der Waals surface area contributed by atoms with E-state index in [9.17, 15) is 9.59 Å². The Kier molecular flexibility index (Phi) is 8.04. The number of carbonyl (C=O) groups excluding carboxylic acids is 2. The SMILES string of the molecule is COC(=O)NC1CC[C@]2(CNCC2C(=O)N2CC[C@@H](c3ccccc3)C[C@H]2C2CCCCC2)c2ccc(Cl)nc21. The Labute approximate surface area is 242 Å². The average Bonchev–Trinajstić information content (AvgIpc) is 3.43. The van der Waals surface area contributed by atoms with E-state index in [-0.39, 0.29) is 29.3 Å². The fourth-order valence-corrected chi connectivity index (χ4v) is 8.40. The molecule has 2 aromatic rings. The van der Waals surface area contributed by atoms with Crippen molar-refractivity contribution in [2.24, 2.45) is 11.8 Å². The van der Waals surface area contributed by atoms with Gasteiger partial charge in [-0.2, -0.15) is 0 Å². The minimum absolute atomic E-state index is 0.173. The zero-order valence-corrected chi connectivity index (χ0v) is 24.2. The van der Waals surface area contributed by atoms with Crippen molar-refractivity contribution in [3.8, 4) is 0 Å². The number of ether oxygens (including phenoxy) is 1. The first-order valence-corrected chi connectivity index (χ1v) is 15.5. The molecule has 2 saturated heterocycles. The summed E-state index contributed by atoms with van der Waals surface area (Å²) in [4.78, 5) is 33.8. The van der Waals surface area contributed by atoms with Crippen molar-refractivity contribution in [1.29, 1.82) is 0 Å². The summed E-state index contributed by atoms with van der Waals surface area (Å²) in [5.41, 5.74) is 2.83. The molecule has 3 fully saturated rings. The number of aromatic nitrogens is 1. The van der Waals surface area contributed by atoms with Gasteiger partial charge in [0.25, 0.3) is 0 Å². The summed E-state index contributed by atoms with van der Waals surface area (Å²) in [5, 5.41) is 6.91. The number of piperidine rings is 1. The Morgan fingerprint density at radius 2 is 1.88 bits per heavy atom. The van der Waals surface area contributed by atoms with E-state index in [1.54, 1.807) is 0 Å². The molecule has 1 spiro atoms. The Morgan fingerprint density at radius 3 is 2.65 bits per heavy atom. The Balaban J connectivity index is 1.30. The van der Waals surface area contributed by atoms with Gasteiger partial charge < -0.3 is 20.3 Å². The molecule has 6 rings (SSSR count). The molecule has 1 aromatic carbocycles. The third-order valence-corrected chi connectivity index (χ3v) is 10.5. The molecule has 0 radical (unpaired) electrons. The van der Waals surface area contributed by atoms with E-state index in [4.69, 9.17) is 16.3 Å². The zero-order valence-electron chi connectivity index (χ0n) is 23.4. The van der Waals surface area contributed by atoms with E-state index < -0.39 is 6.09 Å². The fraction of sp³-hybridized carbons (Fsp3) is 0.594. The monoisotopic (exact) mass is 564 g/mol. The lowest BCUT2D eigenvalue weighted by Gasteiger charge is -2.48. The fourth-order valence-electron chi connectivity index (χ4n) is 8.24. The summed E-state index contributed by atoms with van der Waals surface area (Å²) >= 11 is 6.35. The van der Waals surface area contributed by atoms with Gasteiger partial charge in [-0.25, -0.2) is 9.78 Å². The normalized spacial score (nSPS) is 30.6. The van der Waals surface area contributed by atoms with E-state index in [2.05, 4.69) is 50.8 Å². The van der Waals surface area contributed by atoms with E-state index in [0.29, 0.717) is 30.0 Å². The van der Waals surface area contributed by atoms with Crippen LogP contribution >= 0.6 is 11.6 Å². The van der Waals surface area contributed by atoms with Crippen LogP contribution in [0.25, 0.3) is 0 Å². The van der Waals surface area contributed by atoms with E-state index in [1.165, 1.54) is 44.8 Å². The standard InChI is InChI=1S/C32H41ClN4O3/c1-40-31(39)35-26-14-16-32(24-12-13-28(33)36-29(24)26)20-34-19-25(32)30(38)37-17-15-23(21-8-4-2-5-9-21)18-27(37)22-10-6-3-7-11-22/h2,4-5,8-9,12-13,22-23,25-27,34H,3,6-7,10-11,14-20H2,1H3,(H,35,39)/t23-,25?,26?,27+,32+/m1/s1. The van der Waals surface area contributed by atoms with E-state index in [1.807, 2.05) is 12.1 Å². The minimum atomic E-state index is -0.484. The molecule has 8 heteroatoms. The quantitative estimate of drug-likeness (QED) is 0.463. The number of rotatable bonds is 4. The number of halogens is 1. The molecule has 214 valence electrons. The summed E-state index contributed by atoms with van der Waals surface area (Å²) in [6.45, 7) is 2.19. The first-order chi connectivity index (χ1) is 19.5. The van der Waals surface area contributed by atoms with Crippen molar-refractivity contribution in [2.75, 3.05) is 26.7 Å². The van der Waals surface area contributed by atoms with Crippen molar-refractivity contribution < 1.29 is 14.3 Å². The van der Waals surface area contributed by atoms with Crippen LogP contribution in [0.4, 0.5) is 4.79 Å². The summed E-state index contributed by atoms with van der Waals surface area (Å²) in [5.74, 6) is 1.18. The molecule has 1 aromatic heterocycles. The molecule has 4 aliphatic rings. The highest BCUT2D eigenvalue weighted by molar-refractivity contribution is 6.29. The second-order valence-corrected chi connectivity index (χ2v) is 12.6. The molecule has 2 N–H and O–H groups in total. The maximum absolute atomic E-state index is 14.7. The third kappa shape index (κ3) is 5.11. The molecule has 0 bridgehead atoms. The second-order valence-electron chi connectivity index (χ2n) is 12.3. The molecule has 7 nitrogen and oxygen atoms in total. The van der Waals surface area contributed by atoms with Crippen LogP contribution in [0.2, 0.25) is 5.15 Å². The highest BCUT2D eigenvalue weighted by atomic mass is 35.5. The smallest absolute Gasteiger partial charge is 0.407 e. The average molecular weight is 565 g/mol. The number of pyridine rings is 1. The molecule has 3 heterocycles. The number of nitrogens with zero attached hydrogens (tertiary/aromatic N) is 2. The van der Waals surface area contributed by atoms with E-state index >= 15 is 0 Å². The van der Waals surface area contributed by atoms with Gasteiger partial charge in [-0.1, -0.05) is 67.3 Å². The summed E-state index contributed by atoms with van der Waals surface area (Å²) < 4.78 is 4.88. The van der Waals surface area contributed by atoms with Crippen LogP contribution in [0.3, 0.4) is 0 Å². The minimum Gasteiger partial charge on any atom is -0.453 e. The number of methoxy groups -OCH3 is 1. The van der Waals surface area contributed by atoms with Crippen LogP contribution in [0.5, 0.6) is 0 Å². The number of fused-ring (bicyclic) bond motifs is 2. The lowest BCUT2D eigenvalue weighted by Crippen LogP contribution is -2.55. The van der Waals surface area contributed by atoms with Crippen molar-refractivity contribution in [3.63, 3.8) is 0 Å². The molecule has 5 atom stereocenters. The number of amides is 2. The first-order valence-electron chi connectivity index (χ1n) is 15.1. The summed E-state index contributed by atoms with van der Waals surface area (Å²) in [6, 6.07) is 14.7. The van der Waals surface area contributed by atoms with Gasteiger partial charge in [-0.3, -0.25) is 4.79 Å². The Hall–Kier alpha value is -2.64. The van der Waals surface area contributed by atoms with Gasteiger partial charge in [0.15, 0.2) is 0 Å². The van der Waals surface area contributed by atoms with Crippen LogP contribution in [0.15, 0.2) is 42.5 Å². The molecular formula is C32H41ClN4O3. The largest absolute Gasteiger partial charge is 0.453 e. The van der Waals surface area contributed by atoms with Gasteiger partial charge in [-0.15, -0.1) is 0 Å². The molecule has 2 aliphatic carbocycles. The molecule has 2 aliphatic heterocycles. The first kappa shape index (κ1) is 27.5. The van der Waals surface area contributed by atoms with Gasteiger partial charge in [0, 0.05) is 31.1 Å². The maximum Gasteiger partial charge on any atom is 0.407 e. The molecule has 40 heavy (non-hydrogen) atoms. The van der Waals surface area contributed by atoms with Gasteiger partial charge in [-0.05, 0) is 67.6 Å². The number of hydrogen-bond donors (Lipinski definition) is 2. The summed E-state index contributed by atoms with van der Waals surface area (Å²) in [6.07, 6.45) is 9.32. The number of nitrogens with one attached hydrogen (secondary N) is 2. The maximum atomic E-state index is 14.7. The van der Waals surface area contributed by atoms with Crippen LogP contribution in [0.1, 0.15) is 86.6 Å². The molecule has 2 amide bonds. The Morgan fingerprint density at radius 1 is 1.07 bits per heavy atom. The van der Waals surface area contributed by atoms with Gasteiger partial charge in [0.05, 0.1) is 24.8 Å². The second kappa shape index (κ2) is 11.7. The Bertz CT molecular complexity index is 1220. The third-order valence-electron chi connectivity index (χ3n) is 10.3. The molecular weight excluding hydrogens is 524 g/mol. The topological polar surface area (TPSA) is 83.6 Å². The van der Waals surface area contributed by atoms with Gasteiger partial charge in [0.2, 0.25) is 5.91 Å². The molecule has 2 unspecified atom stereocenters. The summed E-state index contributed by atoms with van der Waals surface area (Å²) in [7, 11) is 1.37. The predicted octanol–water partition coefficient (Wildman–Crippen LogP) is 5.74. The number of hydrogen-bond acceptors (Lipinski definition) is 5. The van der Waals surface area contributed by atoms with Crippen LogP contribution in [-0.2, 0) is 14.9 Å². The number of benzene rings is 1. The van der Waals surface area contributed by atoms with Crippen molar-refractivity contribution >= 4 is 23.6 Å². The molecule has 1 saturated carbocycles. The van der Waals surface area contributed by atoms with Crippen LogP contribution < -0.4 is 10.6 Å². The zero-order chi connectivity index (χ0) is 27.7.